The molecule has 0 aliphatic carbocycles. The number of H-pyrrole nitrogens is 1. The molecule has 2 aromatic carbocycles. The molecule has 0 aliphatic rings. The quantitative estimate of drug-likeness (QED) is 0.617. The molecule has 2 amide bonds. The Morgan fingerprint density at radius 2 is 1.74 bits per heavy atom. The van der Waals surface area contributed by atoms with Crippen LogP contribution in [0.4, 0.5) is 18.9 Å². The van der Waals surface area contributed by atoms with E-state index >= 15 is 0 Å². The van der Waals surface area contributed by atoms with Crippen LogP contribution in [0.1, 0.15) is 16.1 Å². The van der Waals surface area contributed by atoms with Crippen molar-refractivity contribution in [1.82, 2.24) is 15.1 Å². The molecule has 0 fully saturated rings. The van der Waals surface area contributed by atoms with Gasteiger partial charge in [-0.05, 0) is 37.3 Å². The third-order valence-corrected chi connectivity index (χ3v) is 4.25. The van der Waals surface area contributed by atoms with Gasteiger partial charge in [-0.1, -0.05) is 29.8 Å². The van der Waals surface area contributed by atoms with Crippen LogP contribution in [0.25, 0.3) is 11.3 Å². The SMILES string of the molecule is Cc1ccc(-c2cc(C(=O)N(C)CC(=O)Nc3ccc(OC(F)(F)F)cc3)[nH]n2)cc1. The van der Waals surface area contributed by atoms with Gasteiger partial charge in [0.05, 0.1) is 12.2 Å². The van der Waals surface area contributed by atoms with E-state index in [9.17, 15) is 22.8 Å². The number of carbonyl (C=O) groups excluding carboxylic acids is 2. The number of aryl methyl sites for hydroxylation is 1. The van der Waals surface area contributed by atoms with Crippen molar-refractivity contribution in [2.24, 2.45) is 0 Å². The van der Waals surface area contributed by atoms with Gasteiger partial charge in [0, 0.05) is 18.3 Å². The molecule has 0 unspecified atom stereocenters. The van der Waals surface area contributed by atoms with Crippen LogP contribution in [0.2, 0.25) is 0 Å². The van der Waals surface area contributed by atoms with Gasteiger partial charge >= 0.3 is 6.36 Å². The summed E-state index contributed by atoms with van der Waals surface area (Å²) in [6, 6.07) is 13.9. The maximum absolute atomic E-state index is 12.6. The van der Waals surface area contributed by atoms with Crippen molar-refractivity contribution in [3.05, 3.63) is 65.9 Å². The number of hydrogen-bond acceptors (Lipinski definition) is 4. The second kappa shape index (κ2) is 8.90. The van der Waals surface area contributed by atoms with Gasteiger partial charge in [0.1, 0.15) is 11.4 Å². The second-order valence-corrected chi connectivity index (χ2v) is 6.81. The molecule has 7 nitrogen and oxygen atoms in total. The second-order valence-electron chi connectivity index (χ2n) is 6.81. The molecule has 0 saturated carbocycles. The summed E-state index contributed by atoms with van der Waals surface area (Å²) in [4.78, 5) is 25.9. The highest BCUT2D eigenvalue weighted by atomic mass is 19.4. The smallest absolute Gasteiger partial charge is 0.406 e. The van der Waals surface area contributed by atoms with E-state index in [4.69, 9.17) is 0 Å². The Hall–Kier alpha value is -3.82. The van der Waals surface area contributed by atoms with Crippen molar-refractivity contribution in [3.8, 4) is 17.0 Å². The fourth-order valence-corrected chi connectivity index (χ4v) is 2.74. The average molecular weight is 432 g/mol. The van der Waals surface area contributed by atoms with E-state index in [0.29, 0.717) is 5.69 Å². The van der Waals surface area contributed by atoms with E-state index in [-0.39, 0.29) is 17.9 Å². The van der Waals surface area contributed by atoms with Crippen LogP contribution < -0.4 is 10.1 Å². The van der Waals surface area contributed by atoms with Gasteiger partial charge in [0.2, 0.25) is 5.91 Å². The Morgan fingerprint density at radius 1 is 1.10 bits per heavy atom. The van der Waals surface area contributed by atoms with Crippen LogP contribution in [0.5, 0.6) is 5.75 Å². The Morgan fingerprint density at radius 3 is 2.35 bits per heavy atom. The first-order valence-corrected chi connectivity index (χ1v) is 9.14. The molecule has 3 aromatic rings. The lowest BCUT2D eigenvalue weighted by Crippen LogP contribution is -2.35. The Balaban J connectivity index is 1.57. The lowest BCUT2D eigenvalue weighted by molar-refractivity contribution is -0.274. The molecule has 1 aromatic heterocycles. The Bertz CT molecular complexity index is 1060. The Kier molecular flexibility index (Phi) is 6.28. The number of likely N-dealkylation sites (N-methyl/N-ethyl adjacent to an activating group) is 1. The molecule has 3 rings (SSSR count). The van der Waals surface area contributed by atoms with Crippen LogP contribution in [0.15, 0.2) is 54.6 Å². The van der Waals surface area contributed by atoms with Crippen LogP contribution in [0.3, 0.4) is 0 Å². The average Bonchev–Trinajstić information content (AvgIpc) is 3.18. The predicted molar refractivity (Wildman–Crippen MR) is 107 cm³/mol. The zero-order valence-electron chi connectivity index (χ0n) is 16.7. The predicted octanol–water partition coefficient (Wildman–Crippen LogP) is 3.99. The summed E-state index contributed by atoms with van der Waals surface area (Å²) in [5.74, 6) is -1.35. The first-order chi connectivity index (χ1) is 14.6. The number of alkyl halides is 3. The standard InChI is InChI=1S/C21H19F3N4O3/c1-13-3-5-14(6-4-13)17-11-18(27-26-17)20(30)28(2)12-19(29)25-15-7-9-16(10-8-15)31-21(22,23)24/h3-11H,12H2,1-2H3,(H,25,29)(H,26,27). The Labute approximate surface area is 175 Å². The van der Waals surface area contributed by atoms with E-state index in [1.54, 1.807) is 6.07 Å². The fourth-order valence-electron chi connectivity index (χ4n) is 2.74. The van der Waals surface area contributed by atoms with Crippen molar-refractivity contribution in [3.63, 3.8) is 0 Å². The van der Waals surface area contributed by atoms with Crippen molar-refractivity contribution in [2.45, 2.75) is 13.3 Å². The number of anilines is 1. The first-order valence-electron chi connectivity index (χ1n) is 9.14. The number of halogens is 3. The minimum atomic E-state index is -4.79. The molecule has 31 heavy (non-hydrogen) atoms. The number of carbonyl (C=O) groups is 2. The summed E-state index contributed by atoms with van der Waals surface area (Å²) in [5.41, 5.74) is 3.04. The minimum Gasteiger partial charge on any atom is -0.406 e. The van der Waals surface area contributed by atoms with E-state index in [0.717, 1.165) is 23.3 Å². The van der Waals surface area contributed by atoms with Crippen molar-refractivity contribution >= 4 is 17.5 Å². The van der Waals surface area contributed by atoms with Crippen LogP contribution in [-0.4, -0.2) is 46.9 Å². The minimum absolute atomic E-state index is 0.222. The molecule has 0 radical (unpaired) electrons. The van der Waals surface area contributed by atoms with Gasteiger partial charge in [-0.15, -0.1) is 13.2 Å². The maximum atomic E-state index is 12.6. The summed E-state index contributed by atoms with van der Waals surface area (Å²) >= 11 is 0. The first kappa shape index (κ1) is 21.9. The number of hydrogen-bond donors (Lipinski definition) is 2. The fraction of sp³-hybridized carbons (Fsp3) is 0.190. The number of nitrogens with one attached hydrogen (secondary N) is 2. The van der Waals surface area contributed by atoms with Crippen LogP contribution >= 0.6 is 0 Å². The summed E-state index contributed by atoms with van der Waals surface area (Å²) in [6.45, 7) is 1.70. The number of nitrogens with zero attached hydrogens (tertiary/aromatic N) is 2. The molecule has 1 heterocycles. The highest BCUT2D eigenvalue weighted by Gasteiger charge is 2.31. The van der Waals surface area contributed by atoms with E-state index in [1.165, 1.54) is 24.1 Å². The van der Waals surface area contributed by atoms with E-state index < -0.39 is 23.9 Å². The van der Waals surface area contributed by atoms with Gasteiger partial charge < -0.3 is 15.0 Å². The topological polar surface area (TPSA) is 87.3 Å². The molecule has 0 saturated heterocycles. The molecule has 0 spiro atoms. The molecule has 10 heteroatoms. The summed E-state index contributed by atoms with van der Waals surface area (Å²) in [7, 11) is 1.45. The number of ether oxygens (including phenoxy) is 1. The third-order valence-electron chi connectivity index (χ3n) is 4.25. The molecule has 0 aliphatic heterocycles. The molecule has 162 valence electrons. The van der Waals surface area contributed by atoms with Crippen molar-refractivity contribution in [2.75, 3.05) is 18.9 Å². The maximum Gasteiger partial charge on any atom is 0.573 e. The third kappa shape index (κ3) is 6.08. The molecule has 0 bridgehead atoms. The zero-order valence-corrected chi connectivity index (χ0v) is 16.7. The molecule has 0 atom stereocenters. The van der Waals surface area contributed by atoms with Gasteiger partial charge in [-0.25, -0.2) is 0 Å². The number of benzene rings is 2. The summed E-state index contributed by atoms with van der Waals surface area (Å²) < 4.78 is 40.3. The molecule has 2 N–H and O–H groups in total. The van der Waals surface area contributed by atoms with Crippen LogP contribution in [0, 0.1) is 6.92 Å². The number of amides is 2. The molecular formula is C21H19F3N4O3. The zero-order chi connectivity index (χ0) is 22.6. The van der Waals surface area contributed by atoms with Crippen molar-refractivity contribution < 1.29 is 27.5 Å². The van der Waals surface area contributed by atoms with Gasteiger partial charge in [-0.2, -0.15) is 5.10 Å². The van der Waals surface area contributed by atoms with E-state index in [1.807, 2.05) is 31.2 Å². The highest BCUT2D eigenvalue weighted by Crippen LogP contribution is 2.24. The lowest BCUT2D eigenvalue weighted by Gasteiger charge is -2.16. The van der Waals surface area contributed by atoms with Crippen LogP contribution in [-0.2, 0) is 4.79 Å². The van der Waals surface area contributed by atoms with Gasteiger partial charge in [0.25, 0.3) is 5.91 Å². The number of rotatable bonds is 6. The highest BCUT2D eigenvalue weighted by molar-refractivity contribution is 5.98. The monoisotopic (exact) mass is 432 g/mol. The van der Waals surface area contributed by atoms with Gasteiger partial charge in [-0.3, -0.25) is 14.7 Å². The number of aromatic amines is 1. The molecular weight excluding hydrogens is 413 g/mol. The summed E-state index contributed by atoms with van der Waals surface area (Å²) in [6.07, 6.45) is -4.79. The van der Waals surface area contributed by atoms with Gasteiger partial charge in [0.15, 0.2) is 0 Å². The lowest BCUT2D eigenvalue weighted by atomic mass is 10.1. The van der Waals surface area contributed by atoms with Crippen molar-refractivity contribution in [1.29, 1.82) is 0 Å². The number of aromatic nitrogens is 2. The normalized spacial score (nSPS) is 11.1. The summed E-state index contributed by atoms with van der Waals surface area (Å²) in [5, 5.41) is 9.31. The largest absolute Gasteiger partial charge is 0.573 e. The van der Waals surface area contributed by atoms with E-state index in [2.05, 4.69) is 20.3 Å².